The zero-order chi connectivity index (χ0) is 11.8. The Kier molecular flexibility index (Phi) is 7.39. The van der Waals surface area contributed by atoms with Crippen LogP contribution >= 0.6 is 0 Å². The first-order chi connectivity index (χ1) is 6.91. The highest BCUT2D eigenvalue weighted by Gasteiger charge is 2.08. The SMILES string of the molecule is CC(C)CCN(CCC(C)C)CC(=N)N. The minimum absolute atomic E-state index is 0.280. The van der Waals surface area contributed by atoms with E-state index in [4.69, 9.17) is 11.1 Å². The summed E-state index contributed by atoms with van der Waals surface area (Å²) in [5.74, 6) is 1.72. The van der Waals surface area contributed by atoms with Crippen molar-refractivity contribution in [2.75, 3.05) is 19.6 Å². The number of hydrogen-bond donors (Lipinski definition) is 2. The predicted molar refractivity (Wildman–Crippen MR) is 67.3 cm³/mol. The molecule has 0 bridgehead atoms. The smallest absolute Gasteiger partial charge is 0.105 e. The van der Waals surface area contributed by atoms with Crippen LogP contribution in [0, 0.1) is 17.2 Å². The lowest BCUT2D eigenvalue weighted by molar-refractivity contribution is 0.272. The highest BCUT2D eigenvalue weighted by atomic mass is 15.1. The second-order valence-electron chi connectivity index (χ2n) is 5.17. The van der Waals surface area contributed by atoms with Gasteiger partial charge in [0, 0.05) is 0 Å². The summed E-state index contributed by atoms with van der Waals surface area (Å²) in [6.45, 7) is 11.7. The van der Waals surface area contributed by atoms with E-state index in [1.54, 1.807) is 0 Å². The van der Waals surface area contributed by atoms with E-state index in [9.17, 15) is 0 Å². The van der Waals surface area contributed by atoms with Crippen molar-refractivity contribution in [3.63, 3.8) is 0 Å². The Morgan fingerprint density at radius 1 is 1.07 bits per heavy atom. The maximum Gasteiger partial charge on any atom is 0.105 e. The van der Waals surface area contributed by atoms with E-state index >= 15 is 0 Å². The van der Waals surface area contributed by atoms with Gasteiger partial charge < -0.3 is 5.73 Å². The largest absolute Gasteiger partial charge is 0.387 e. The van der Waals surface area contributed by atoms with Gasteiger partial charge in [0.05, 0.1) is 6.54 Å². The molecule has 0 atom stereocenters. The van der Waals surface area contributed by atoms with Crippen LogP contribution in [0.1, 0.15) is 40.5 Å². The van der Waals surface area contributed by atoms with E-state index in [2.05, 4.69) is 32.6 Å². The standard InChI is InChI=1S/C12H27N3/c1-10(2)5-7-15(9-12(13)14)8-6-11(3)4/h10-11H,5-9H2,1-4H3,(H3,13,14). The Labute approximate surface area is 94.5 Å². The topological polar surface area (TPSA) is 53.1 Å². The second-order valence-corrected chi connectivity index (χ2v) is 5.17. The molecule has 0 aromatic carbocycles. The van der Waals surface area contributed by atoms with Crippen LogP contribution in [0.15, 0.2) is 0 Å². The van der Waals surface area contributed by atoms with E-state index in [0.717, 1.165) is 24.9 Å². The van der Waals surface area contributed by atoms with E-state index in [-0.39, 0.29) is 5.84 Å². The zero-order valence-corrected chi connectivity index (χ0v) is 10.7. The molecule has 0 saturated carbocycles. The van der Waals surface area contributed by atoms with Crippen LogP contribution in [0.5, 0.6) is 0 Å². The Morgan fingerprint density at radius 2 is 1.47 bits per heavy atom. The van der Waals surface area contributed by atoms with E-state index < -0.39 is 0 Å². The number of nitrogens with zero attached hydrogens (tertiary/aromatic N) is 1. The van der Waals surface area contributed by atoms with Gasteiger partial charge in [0.2, 0.25) is 0 Å². The predicted octanol–water partition coefficient (Wildman–Crippen LogP) is 2.32. The molecule has 15 heavy (non-hydrogen) atoms. The van der Waals surface area contributed by atoms with Gasteiger partial charge in [-0.15, -0.1) is 0 Å². The molecule has 0 unspecified atom stereocenters. The van der Waals surface area contributed by atoms with Crippen molar-refractivity contribution in [2.45, 2.75) is 40.5 Å². The van der Waals surface area contributed by atoms with Crippen molar-refractivity contribution >= 4 is 5.84 Å². The highest BCUT2D eigenvalue weighted by Crippen LogP contribution is 2.05. The van der Waals surface area contributed by atoms with Gasteiger partial charge in [-0.3, -0.25) is 10.3 Å². The summed E-state index contributed by atoms with van der Waals surface area (Å²) in [6, 6.07) is 0. The van der Waals surface area contributed by atoms with Gasteiger partial charge in [-0.2, -0.15) is 0 Å². The van der Waals surface area contributed by atoms with Crippen LogP contribution in [-0.2, 0) is 0 Å². The number of nitrogens with two attached hydrogens (primary N) is 1. The van der Waals surface area contributed by atoms with Crippen LogP contribution in [-0.4, -0.2) is 30.4 Å². The molecule has 0 spiro atoms. The van der Waals surface area contributed by atoms with Gasteiger partial charge in [0.15, 0.2) is 0 Å². The quantitative estimate of drug-likeness (QED) is 0.480. The Bertz CT molecular complexity index is 164. The fourth-order valence-electron chi connectivity index (χ4n) is 1.39. The number of hydrogen-bond acceptors (Lipinski definition) is 2. The minimum Gasteiger partial charge on any atom is -0.387 e. The van der Waals surface area contributed by atoms with Crippen molar-refractivity contribution in [3.05, 3.63) is 0 Å². The van der Waals surface area contributed by atoms with Crippen LogP contribution in [0.4, 0.5) is 0 Å². The summed E-state index contributed by atoms with van der Waals surface area (Å²) in [6.07, 6.45) is 2.37. The first kappa shape index (κ1) is 14.4. The number of amidine groups is 1. The maximum absolute atomic E-state index is 7.33. The maximum atomic E-state index is 7.33. The molecule has 0 saturated heterocycles. The molecule has 0 aromatic rings. The average molecular weight is 213 g/mol. The molecule has 0 aromatic heterocycles. The highest BCUT2D eigenvalue weighted by molar-refractivity contribution is 5.78. The number of nitrogens with one attached hydrogen (secondary N) is 1. The van der Waals surface area contributed by atoms with E-state index in [1.807, 2.05) is 0 Å². The molecule has 0 heterocycles. The van der Waals surface area contributed by atoms with E-state index in [0.29, 0.717) is 6.54 Å². The molecular weight excluding hydrogens is 186 g/mol. The Hall–Kier alpha value is -0.570. The van der Waals surface area contributed by atoms with Gasteiger partial charge in [-0.05, 0) is 37.8 Å². The van der Waals surface area contributed by atoms with Gasteiger partial charge in [0.1, 0.15) is 5.84 Å². The molecule has 0 aliphatic rings. The summed E-state index contributed by atoms with van der Waals surface area (Å²) in [5.41, 5.74) is 5.45. The minimum atomic E-state index is 0.280. The monoisotopic (exact) mass is 213 g/mol. The third-order valence-electron chi connectivity index (χ3n) is 2.44. The molecule has 0 radical (unpaired) electrons. The second kappa shape index (κ2) is 7.69. The van der Waals surface area contributed by atoms with Gasteiger partial charge in [-0.1, -0.05) is 27.7 Å². The lowest BCUT2D eigenvalue weighted by atomic mass is 10.1. The molecule has 3 heteroatoms. The molecular formula is C12H27N3. The Morgan fingerprint density at radius 3 is 1.73 bits per heavy atom. The first-order valence-corrected chi connectivity index (χ1v) is 5.97. The van der Waals surface area contributed by atoms with Crippen molar-refractivity contribution in [1.29, 1.82) is 5.41 Å². The summed E-state index contributed by atoms with van der Waals surface area (Å²) in [4.78, 5) is 2.29. The van der Waals surface area contributed by atoms with Crippen molar-refractivity contribution in [1.82, 2.24) is 4.90 Å². The molecule has 0 fully saturated rings. The van der Waals surface area contributed by atoms with Crippen LogP contribution in [0.2, 0.25) is 0 Å². The van der Waals surface area contributed by atoms with Crippen LogP contribution in [0.3, 0.4) is 0 Å². The number of rotatable bonds is 8. The lowest BCUT2D eigenvalue weighted by Crippen LogP contribution is -2.35. The first-order valence-electron chi connectivity index (χ1n) is 5.97. The fourth-order valence-corrected chi connectivity index (χ4v) is 1.39. The molecule has 0 aliphatic heterocycles. The third-order valence-corrected chi connectivity index (χ3v) is 2.44. The van der Waals surface area contributed by atoms with Gasteiger partial charge in [0.25, 0.3) is 0 Å². The lowest BCUT2D eigenvalue weighted by Gasteiger charge is -2.23. The fraction of sp³-hybridized carbons (Fsp3) is 0.917. The summed E-state index contributed by atoms with van der Waals surface area (Å²) in [7, 11) is 0. The summed E-state index contributed by atoms with van der Waals surface area (Å²) < 4.78 is 0. The summed E-state index contributed by atoms with van der Waals surface area (Å²) >= 11 is 0. The van der Waals surface area contributed by atoms with E-state index in [1.165, 1.54) is 12.8 Å². The molecule has 3 nitrogen and oxygen atoms in total. The molecule has 3 N–H and O–H groups in total. The zero-order valence-electron chi connectivity index (χ0n) is 10.7. The van der Waals surface area contributed by atoms with Crippen LogP contribution in [0.25, 0.3) is 0 Å². The average Bonchev–Trinajstić information content (AvgIpc) is 2.08. The van der Waals surface area contributed by atoms with Crippen molar-refractivity contribution in [3.8, 4) is 0 Å². The van der Waals surface area contributed by atoms with Gasteiger partial charge in [-0.25, -0.2) is 0 Å². The normalized spacial score (nSPS) is 11.7. The van der Waals surface area contributed by atoms with Crippen molar-refractivity contribution in [2.24, 2.45) is 17.6 Å². The molecule has 90 valence electrons. The molecule has 0 amide bonds. The van der Waals surface area contributed by atoms with Gasteiger partial charge >= 0.3 is 0 Å². The molecule has 0 rings (SSSR count). The third kappa shape index (κ3) is 9.73. The Balaban J connectivity index is 3.89. The van der Waals surface area contributed by atoms with Crippen molar-refractivity contribution < 1.29 is 0 Å². The molecule has 0 aliphatic carbocycles. The summed E-state index contributed by atoms with van der Waals surface area (Å²) in [5, 5.41) is 7.33. The van der Waals surface area contributed by atoms with Crippen LogP contribution < -0.4 is 5.73 Å².